The molecule has 0 saturated heterocycles. The van der Waals surface area contributed by atoms with Crippen LogP contribution in [0.25, 0.3) is 0 Å². The van der Waals surface area contributed by atoms with E-state index in [0.29, 0.717) is 5.56 Å². The zero-order chi connectivity index (χ0) is 18.4. The zero-order valence-electron chi connectivity index (χ0n) is 14.2. The van der Waals surface area contributed by atoms with Gasteiger partial charge in [0.25, 0.3) is 5.91 Å². The maximum atomic E-state index is 12.6. The Morgan fingerprint density at radius 3 is 2.50 bits per heavy atom. The second kappa shape index (κ2) is 8.92. The minimum Gasteiger partial charge on any atom is -0.496 e. The quantitative estimate of drug-likeness (QED) is 0.490. The summed E-state index contributed by atoms with van der Waals surface area (Å²) in [6, 6.07) is 23.2. The number of rotatable bonds is 6. The average molecular weight is 428 g/mol. The minimum absolute atomic E-state index is 0.148. The molecule has 0 spiro atoms. The number of carbonyl (C=O) groups excluding carboxylic acids is 1. The molecule has 0 aliphatic heterocycles. The van der Waals surface area contributed by atoms with Gasteiger partial charge in [0.05, 0.1) is 12.8 Å². The smallest absolute Gasteiger partial charge is 0.255 e. The van der Waals surface area contributed by atoms with E-state index in [1.807, 2.05) is 54.6 Å². The van der Waals surface area contributed by atoms with Crippen LogP contribution in [0.5, 0.6) is 5.75 Å². The lowest BCUT2D eigenvalue weighted by Gasteiger charge is -2.12. The SMILES string of the molecule is COc1ccc(C(=O)Nc2ccccc2Br)cc1CSc1ccccc1. The second-order valence-corrected chi connectivity index (χ2v) is 7.47. The van der Waals surface area contributed by atoms with Crippen LogP contribution in [0.15, 0.2) is 82.2 Å². The highest BCUT2D eigenvalue weighted by atomic mass is 79.9. The molecule has 0 bridgehead atoms. The molecule has 0 heterocycles. The van der Waals surface area contributed by atoms with E-state index in [4.69, 9.17) is 4.74 Å². The summed E-state index contributed by atoms with van der Waals surface area (Å²) in [7, 11) is 1.65. The number of hydrogen-bond donors (Lipinski definition) is 1. The van der Waals surface area contributed by atoms with E-state index in [9.17, 15) is 4.79 Å². The van der Waals surface area contributed by atoms with Gasteiger partial charge >= 0.3 is 0 Å². The third kappa shape index (κ3) is 4.68. The van der Waals surface area contributed by atoms with Crippen molar-refractivity contribution in [2.45, 2.75) is 10.6 Å². The van der Waals surface area contributed by atoms with Gasteiger partial charge < -0.3 is 10.1 Å². The summed E-state index contributed by atoms with van der Waals surface area (Å²) >= 11 is 5.16. The molecule has 1 N–H and O–H groups in total. The standard InChI is InChI=1S/C21H18BrNO2S/c1-25-20-12-11-15(21(24)23-19-10-6-5-9-18(19)22)13-16(20)14-26-17-7-3-2-4-8-17/h2-13H,14H2,1H3,(H,23,24). The van der Waals surface area contributed by atoms with Crippen LogP contribution in [0, 0.1) is 0 Å². The molecule has 0 atom stereocenters. The Morgan fingerprint density at radius 2 is 1.77 bits per heavy atom. The number of thioether (sulfide) groups is 1. The van der Waals surface area contributed by atoms with Crippen LogP contribution in [-0.4, -0.2) is 13.0 Å². The number of para-hydroxylation sites is 1. The molecule has 5 heteroatoms. The molecule has 0 saturated carbocycles. The lowest BCUT2D eigenvalue weighted by Crippen LogP contribution is -2.12. The van der Waals surface area contributed by atoms with Gasteiger partial charge in [-0.05, 0) is 58.4 Å². The van der Waals surface area contributed by atoms with Gasteiger partial charge in [0.2, 0.25) is 0 Å². The summed E-state index contributed by atoms with van der Waals surface area (Å²) in [5, 5.41) is 2.93. The topological polar surface area (TPSA) is 38.3 Å². The highest BCUT2D eigenvalue weighted by Crippen LogP contribution is 2.29. The first-order chi connectivity index (χ1) is 12.7. The number of benzene rings is 3. The van der Waals surface area contributed by atoms with Gasteiger partial charge in [-0.25, -0.2) is 0 Å². The van der Waals surface area contributed by atoms with Gasteiger partial charge in [-0.3, -0.25) is 4.79 Å². The fraction of sp³-hybridized carbons (Fsp3) is 0.0952. The highest BCUT2D eigenvalue weighted by Gasteiger charge is 2.12. The molecular formula is C21H18BrNO2S. The normalized spacial score (nSPS) is 10.4. The van der Waals surface area contributed by atoms with Gasteiger partial charge in [-0.2, -0.15) is 0 Å². The van der Waals surface area contributed by atoms with Crippen molar-refractivity contribution in [3.05, 3.63) is 88.4 Å². The van der Waals surface area contributed by atoms with Gasteiger partial charge in [0.15, 0.2) is 0 Å². The summed E-state index contributed by atoms with van der Waals surface area (Å²) in [6.07, 6.45) is 0. The number of halogens is 1. The maximum absolute atomic E-state index is 12.6. The number of hydrogen-bond acceptors (Lipinski definition) is 3. The van der Waals surface area contributed by atoms with Crippen LogP contribution in [0.3, 0.4) is 0 Å². The molecule has 3 aromatic carbocycles. The van der Waals surface area contributed by atoms with Crippen molar-refractivity contribution < 1.29 is 9.53 Å². The Hall–Kier alpha value is -2.24. The Bertz CT molecular complexity index is 900. The number of amides is 1. The third-order valence-corrected chi connectivity index (χ3v) is 5.55. The predicted molar refractivity (Wildman–Crippen MR) is 111 cm³/mol. The largest absolute Gasteiger partial charge is 0.496 e. The molecule has 0 unspecified atom stereocenters. The Balaban J connectivity index is 1.78. The third-order valence-electron chi connectivity index (χ3n) is 3.80. The van der Waals surface area contributed by atoms with Crippen molar-refractivity contribution in [2.24, 2.45) is 0 Å². The van der Waals surface area contributed by atoms with E-state index in [0.717, 1.165) is 27.2 Å². The lowest BCUT2D eigenvalue weighted by molar-refractivity contribution is 0.102. The van der Waals surface area contributed by atoms with E-state index in [-0.39, 0.29) is 5.91 Å². The molecular weight excluding hydrogens is 410 g/mol. The molecule has 0 radical (unpaired) electrons. The summed E-state index contributed by atoms with van der Waals surface area (Å²) in [4.78, 5) is 13.8. The number of nitrogens with one attached hydrogen (secondary N) is 1. The lowest BCUT2D eigenvalue weighted by atomic mass is 10.1. The summed E-state index contributed by atoms with van der Waals surface area (Å²) in [5.41, 5.74) is 2.33. The van der Waals surface area contributed by atoms with E-state index < -0.39 is 0 Å². The van der Waals surface area contributed by atoms with Gasteiger partial charge in [-0.15, -0.1) is 11.8 Å². The molecule has 3 aromatic rings. The van der Waals surface area contributed by atoms with Crippen LogP contribution in [0.2, 0.25) is 0 Å². The van der Waals surface area contributed by atoms with Crippen molar-refractivity contribution in [3.8, 4) is 5.75 Å². The fourth-order valence-corrected chi connectivity index (χ4v) is 3.75. The van der Waals surface area contributed by atoms with Crippen molar-refractivity contribution in [2.75, 3.05) is 12.4 Å². The molecule has 3 nitrogen and oxygen atoms in total. The van der Waals surface area contributed by atoms with Crippen molar-refractivity contribution in [3.63, 3.8) is 0 Å². The Morgan fingerprint density at radius 1 is 1.04 bits per heavy atom. The fourth-order valence-electron chi connectivity index (χ4n) is 2.47. The molecule has 0 aliphatic carbocycles. The molecule has 1 amide bonds. The van der Waals surface area contributed by atoms with Crippen LogP contribution in [0.1, 0.15) is 15.9 Å². The molecule has 0 aliphatic rings. The summed E-state index contributed by atoms with van der Waals surface area (Å²) < 4.78 is 6.30. The predicted octanol–water partition coefficient (Wildman–Crippen LogP) is 6.00. The first kappa shape index (κ1) is 18.5. The summed E-state index contributed by atoms with van der Waals surface area (Å²) in [6.45, 7) is 0. The van der Waals surface area contributed by atoms with Crippen molar-refractivity contribution in [1.29, 1.82) is 0 Å². The van der Waals surface area contributed by atoms with E-state index in [1.54, 1.807) is 24.9 Å². The molecule has 0 aromatic heterocycles. The highest BCUT2D eigenvalue weighted by molar-refractivity contribution is 9.10. The average Bonchev–Trinajstić information content (AvgIpc) is 2.68. The zero-order valence-corrected chi connectivity index (χ0v) is 16.6. The first-order valence-corrected chi connectivity index (χ1v) is 9.86. The van der Waals surface area contributed by atoms with Gasteiger partial charge in [0, 0.05) is 26.2 Å². The molecule has 3 rings (SSSR count). The van der Waals surface area contributed by atoms with Gasteiger partial charge in [-0.1, -0.05) is 30.3 Å². The molecule has 26 heavy (non-hydrogen) atoms. The monoisotopic (exact) mass is 427 g/mol. The van der Waals surface area contributed by atoms with Gasteiger partial charge in [0.1, 0.15) is 5.75 Å². The van der Waals surface area contributed by atoms with Crippen molar-refractivity contribution >= 4 is 39.3 Å². The Labute approximate surface area is 165 Å². The Kier molecular flexibility index (Phi) is 6.36. The van der Waals surface area contributed by atoms with Crippen LogP contribution in [0.4, 0.5) is 5.69 Å². The number of methoxy groups -OCH3 is 1. The van der Waals surface area contributed by atoms with Crippen LogP contribution < -0.4 is 10.1 Å². The van der Waals surface area contributed by atoms with E-state index in [1.165, 1.54) is 4.90 Å². The number of carbonyl (C=O) groups is 1. The number of anilines is 1. The van der Waals surface area contributed by atoms with E-state index in [2.05, 4.69) is 33.4 Å². The van der Waals surface area contributed by atoms with E-state index >= 15 is 0 Å². The molecule has 0 fully saturated rings. The maximum Gasteiger partial charge on any atom is 0.255 e. The summed E-state index contributed by atoms with van der Waals surface area (Å²) in [5.74, 6) is 1.36. The first-order valence-electron chi connectivity index (χ1n) is 8.08. The number of ether oxygens (including phenoxy) is 1. The minimum atomic E-state index is -0.148. The van der Waals surface area contributed by atoms with Crippen LogP contribution >= 0.6 is 27.7 Å². The van der Waals surface area contributed by atoms with Crippen molar-refractivity contribution in [1.82, 2.24) is 0 Å². The van der Waals surface area contributed by atoms with Crippen LogP contribution in [-0.2, 0) is 5.75 Å². The second-order valence-electron chi connectivity index (χ2n) is 5.56. The molecule has 132 valence electrons.